The maximum absolute atomic E-state index is 13.4. The molecule has 1 atom stereocenters. The van der Waals surface area contributed by atoms with Crippen molar-refractivity contribution in [2.75, 3.05) is 20.2 Å². The fourth-order valence-electron chi connectivity index (χ4n) is 4.36. The predicted molar refractivity (Wildman–Crippen MR) is 133 cm³/mol. The van der Waals surface area contributed by atoms with Crippen LogP contribution in [0.3, 0.4) is 0 Å². The molecule has 1 saturated heterocycles. The third-order valence-electron chi connectivity index (χ3n) is 6.14. The van der Waals surface area contributed by atoms with E-state index in [2.05, 4.69) is 0 Å². The van der Waals surface area contributed by atoms with Crippen LogP contribution in [0.4, 0.5) is 5.69 Å². The van der Waals surface area contributed by atoms with Gasteiger partial charge in [-0.3, -0.25) is 4.79 Å². The first kappa shape index (κ1) is 24.5. The second kappa shape index (κ2) is 9.54. The van der Waals surface area contributed by atoms with Gasteiger partial charge < -0.3 is 10.5 Å². The maximum atomic E-state index is 13.4. The summed E-state index contributed by atoms with van der Waals surface area (Å²) in [5.41, 5.74) is 7.50. The maximum Gasteiger partial charge on any atom is 0.317 e. The number of benzene rings is 2. The molecule has 4 rings (SSSR count). The minimum atomic E-state index is -3.94. The number of carbonyl (C=O) groups excluding carboxylic acids is 1. The number of ether oxygens (including phenoxy) is 1. The predicted octanol–water partition coefficient (Wildman–Crippen LogP) is 4.49. The highest BCUT2D eigenvalue weighted by atomic mass is 35.5. The molecule has 2 aliphatic rings. The molecule has 0 radical (unpaired) electrons. The summed E-state index contributed by atoms with van der Waals surface area (Å²) in [6.07, 6.45) is 3.74. The largest absolute Gasteiger partial charge is 0.468 e. The van der Waals surface area contributed by atoms with Crippen molar-refractivity contribution in [3.05, 3.63) is 82.0 Å². The number of para-hydroxylation sites is 1. The highest BCUT2D eigenvalue weighted by Crippen LogP contribution is 2.46. The number of piperidine rings is 1. The van der Waals surface area contributed by atoms with Gasteiger partial charge in [-0.2, -0.15) is 4.31 Å². The molecule has 1 aliphatic heterocycles. The Kier molecular flexibility index (Phi) is 6.87. The van der Waals surface area contributed by atoms with Crippen LogP contribution in [0.1, 0.15) is 12.8 Å². The van der Waals surface area contributed by atoms with E-state index >= 15 is 0 Å². The van der Waals surface area contributed by atoms with Gasteiger partial charge in [0, 0.05) is 13.1 Å². The van der Waals surface area contributed by atoms with Gasteiger partial charge in [-0.1, -0.05) is 41.4 Å². The number of hydrogen-bond donors (Lipinski definition) is 1. The SMILES string of the molecule is COC(=O)[C@]12C/C(=C/N)C(=Nc3ccccc3)C=C1CCN(S(=O)(=O)c1ccc(Cl)c(Cl)c1)C2. The fraction of sp³-hybridized carbons (Fsp3) is 0.250. The number of carbonyl (C=O) groups is 1. The van der Waals surface area contributed by atoms with Gasteiger partial charge in [-0.05, 0) is 66.6 Å². The van der Waals surface area contributed by atoms with Crippen LogP contribution >= 0.6 is 23.2 Å². The molecule has 1 fully saturated rings. The number of esters is 1. The van der Waals surface area contributed by atoms with E-state index in [1.807, 2.05) is 36.4 Å². The number of aliphatic imine (C=N–C) groups is 1. The lowest BCUT2D eigenvalue weighted by molar-refractivity contribution is -0.151. The molecule has 0 aromatic heterocycles. The van der Waals surface area contributed by atoms with E-state index < -0.39 is 21.4 Å². The number of rotatable bonds is 4. The Morgan fingerprint density at radius 3 is 2.56 bits per heavy atom. The fourth-order valence-corrected chi connectivity index (χ4v) is 6.25. The van der Waals surface area contributed by atoms with Crippen molar-refractivity contribution in [2.45, 2.75) is 17.7 Å². The van der Waals surface area contributed by atoms with Crippen molar-refractivity contribution < 1.29 is 17.9 Å². The van der Waals surface area contributed by atoms with E-state index in [1.165, 1.54) is 35.8 Å². The van der Waals surface area contributed by atoms with Crippen LogP contribution in [-0.4, -0.2) is 44.6 Å². The number of hydrogen-bond acceptors (Lipinski definition) is 6. The van der Waals surface area contributed by atoms with Crippen LogP contribution in [0.15, 0.2) is 81.8 Å². The molecule has 0 spiro atoms. The first-order chi connectivity index (χ1) is 16.2. The van der Waals surface area contributed by atoms with Crippen molar-refractivity contribution in [2.24, 2.45) is 16.1 Å². The molecule has 178 valence electrons. The normalized spacial score (nSPS) is 23.4. The van der Waals surface area contributed by atoms with Gasteiger partial charge in [-0.15, -0.1) is 0 Å². The number of halogens is 2. The van der Waals surface area contributed by atoms with Crippen LogP contribution in [-0.2, 0) is 19.6 Å². The van der Waals surface area contributed by atoms with Crippen LogP contribution in [0, 0.1) is 5.41 Å². The summed E-state index contributed by atoms with van der Waals surface area (Å²) in [5.74, 6) is -0.522. The summed E-state index contributed by atoms with van der Waals surface area (Å²) in [5, 5.41) is 0.390. The molecule has 2 N–H and O–H groups in total. The lowest BCUT2D eigenvalue weighted by atomic mass is 9.67. The zero-order valence-corrected chi connectivity index (χ0v) is 20.7. The second-order valence-electron chi connectivity index (χ2n) is 8.11. The minimum Gasteiger partial charge on any atom is -0.468 e. The average molecular weight is 520 g/mol. The summed E-state index contributed by atoms with van der Waals surface area (Å²) in [4.78, 5) is 17.8. The Morgan fingerprint density at radius 2 is 1.91 bits per heavy atom. The molecule has 1 aliphatic carbocycles. The van der Waals surface area contributed by atoms with Gasteiger partial charge in [0.15, 0.2) is 0 Å². The molecule has 0 saturated carbocycles. The lowest BCUT2D eigenvalue weighted by Crippen LogP contribution is -2.53. The monoisotopic (exact) mass is 519 g/mol. The summed E-state index contributed by atoms with van der Waals surface area (Å²) in [7, 11) is -2.65. The van der Waals surface area contributed by atoms with Crippen LogP contribution in [0.5, 0.6) is 0 Å². The first-order valence-electron chi connectivity index (χ1n) is 10.5. The van der Waals surface area contributed by atoms with Crippen molar-refractivity contribution in [1.82, 2.24) is 4.31 Å². The lowest BCUT2D eigenvalue weighted by Gasteiger charge is -2.44. The molecule has 2 aromatic carbocycles. The van der Waals surface area contributed by atoms with Crippen LogP contribution < -0.4 is 5.73 Å². The topological polar surface area (TPSA) is 102 Å². The minimum absolute atomic E-state index is 0.00562. The van der Waals surface area contributed by atoms with E-state index in [4.69, 9.17) is 38.7 Å². The number of sulfonamides is 1. The number of methoxy groups -OCH3 is 1. The van der Waals surface area contributed by atoms with Gasteiger partial charge in [0.05, 0.1) is 33.4 Å². The number of fused-ring (bicyclic) bond motifs is 1. The smallest absolute Gasteiger partial charge is 0.317 e. The number of nitrogens with zero attached hydrogens (tertiary/aromatic N) is 2. The third-order valence-corrected chi connectivity index (χ3v) is 8.72. The Balaban J connectivity index is 1.76. The molecule has 1 heterocycles. The first-order valence-corrected chi connectivity index (χ1v) is 12.7. The summed E-state index contributed by atoms with van der Waals surface area (Å²) in [6, 6.07) is 13.5. The number of nitrogens with two attached hydrogens (primary N) is 1. The molecule has 0 amide bonds. The second-order valence-corrected chi connectivity index (χ2v) is 10.9. The van der Waals surface area contributed by atoms with Crippen molar-refractivity contribution in [3.63, 3.8) is 0 Å². The van der Waals surface area contributed by atoms with Crippen molar-refractivity contribution in [1.29, 1.82) is 0 Å². The van der Waals surface area contributed by atoms with Crippen LogP contribution in [0.25, 0.3) is 0 Å². The van der Waals surface area contributed by atoms with Gasteiger partial charge in [0.2, 0.25) is 10.0 Å². The zero-order valence-electron chi connectivity index (χ0n) is 18.4. The molecule has 0 bridgehead atoms. The van der Waals surface area contributed by atoms with Crippen LogP contribution in [0.2, 0.25) is 10.0 Å². The van der Waals surface area contributed by atoms with Gasteiger partial charge in [0.25, 0.3) is 0 Å². The summed E-state index contributed by atoms with van der Waals surface area (Å²) >= 11 is 12.0. The van der Waals surface area contributed by atoms with Gasteiger partial charge in [-0.25, -0.2) is 13.4 Å². The molecule has 34 heavy (non-hydrogen) atoms. The van der Waals surface area contributed by atoms with Crippen molar-refractivity contribution in [3.8, 4) is 0 Å². The van der Waals surface area contributed by atoms with E-state index in [-0.39, 0.29) is 34.5 Å². The zero-order chi connectivity index (χ0) is 24.5. The van der Waals surface area contributed by atoms with E-state index in [1.54, 1.807) is 0 Å². The summed E-state index contributed by atoms with van der Waals surface area (Å²) in [6.45, 7) is 0.0947. The molecule has 0 unspecified atom stereocenters. The van der Waals surface area contributed by atoms with E-state index in [9.17, 15) is 13.2 Å². The van der Waals surface area contributed by atoms with Gasteiger partial charge in [0.1, 0.15) is 5.41 Å². The van der Waals surface area contributed by atoms with Gasteiger partial charge >= 0.3 is 5.97 Å². The molecular weight excluding hydrogens is 497 g/mol. The summed E-state index contributed by atoms with van der Waals surface area (Å²) < 4.78 is 33.3. The standard InChI is InChI=1S/C24H23Cl2N3O4S/c1-33-23(30)24-13-16(14-27)22(28-18-5-3-2-4-6-18)11-17(24)9-10-29(15-24)34(31,32)19-7-8-20(25)21(26)12-19/h2-8,11-12,14H,9-10,13,15,27H2,1H3/b16-14-,28-22?/t24-/m0/s1. The Bertz CT molecular complexity index is 1320. The molecule has 7 nitrogen and oxygen atoms in total. The Hall–Kier alpha value is -2.65. The Morgan fingerprint density at radius 1 is 1.18 bits per heavy atom. The molecular formula is C24H23Cl2N3O4S. The van der Waals surface area contributed by atoms with E-state index in [0.29, 0.717) is 17.7 Å². The Labute approximate surface area is 208 Å². The van der Waals surface area contributed by atoms with E-state index in [0.717, 1.165) is 11.3 Å². The molecule has 10 heteroatoms. The highest BCUT2D eigenvalue weighted by Gasteiger charge is 2.52. The highest BCUT2D eigenvalue weighted by molar-refractivity contribution is 7.89. The van der Waals surface area contributed by atoms with Crippen molar-refractivity contribution >= 4 is 50.6 Å². The third kappa shape index (κ3) is 4.38. The number of allylic oxidation sites excluding steroid dienone is 2. The molecule has 2 aromatic rings. The quantitative estimate of drug-likeness (QED) is 0.599. The average Bonchev–Trinajstić information content (AvgIpc) is 2.84.